The SMILES string of the molecule is [2H]c1cc2c(oc3c(-c4ccc(C([2H])([2H])C([2H])([2H])c5cc(CC(C)(C)c6ccc(-c7[c-]cccc7)nc6)cc(CC(C)(C)c6ccc(-c7[c-]cccc7)nc6)c5)cn4)[c-]ccc32)c(C2([2H])CCCC2)c1C#N.[Ir+3]. The van der Waals surface area contributed by atoms with Gasteiger partial charge in [-0.25, -0.2) is 0 Å². The van der Waals surface area contributed by atoms with Crippen molar-refractivity contribution < 1.29 is 32.7 Å². The number of nitriles is 1. The summed E-state index contributed by atoms with van der Waals surface area (Å²) < 4.78 is 63.3. The van der Waals surface area contributed by atoms with E-state index >= 15 is 0 Å². The number of furan rings is 1. The van der Waals surface area contributed by atoms with Gasteiger partial charge in [0, 0.05) is 36.4 Å². The van der Waals surface area contributed by atoms with Crippen molar-refractivity contribution in [2.24, 2.45) is 0 Å². The number of aryl methyl sites for hydroxylation is 2. The van der Waals surface area contributed by atoms with Crippen LogP contribution in [0.25, 0.3) is 55.7 Å². The molecule has 0 spiro atoms. The Bertz CT molecular complexity index is 3380. The second-order valence-corrected chi connectivity index (χ2v) is 18.7. The predicted octanol–water partition coefficient (Wildman–Crippen LogP) is 14.5. The molecule has 6 heteroatoms. The maximum Gasteiger partial charge on any atom is 3.00 e. The summed E-state index contributed by atoms with van der Waals surface area (Å²) in [5.41, 5.74) is 9.00. The van der Waals surface area contributed by atoms with E-state index in [-0.39, 0.29) is 42.8 Å². The number of hydrogen-bond acceptors (Lipinski definition) is 5. The van der Waals surface area contributed by atoms with Crippen molar-refractivity contribution >= 4 is 21.9 Å². The van der Waals surface area contributed by atoms with Crippen molar-refractivity contribution in [2.45, 2.75) is 95.7 Å². The van der Waals surface area contributed by atoms with Crippen molar-refractivity contribution in [1.29, 1.82) is 5.26 Å². The summed E-state index contributed by atoms with van der Waals surface area (Å²) in [6.07, 6.45) is 4.00. The zero-order valence-corrected chi connectivity index (χ0v) is 40.4. The van der Waals surface area contributed by atoms with Gasteiger partial charge in [-0.1, -0.05) is 112 Å². The molecule has 5 nitrogen and oxygen atoms in total. The van der Waals surface area contributed by atoms with Gasteiger partial charge in [-0.3, -0.25) is 0 Å². The van der Waals surface area contributed by atoms with Crippen molar-refractivity contribution in [3.05, 3.63) is 209 Å². The minimum atomic E-state index is -2.55. The summed E-state index contributed by atoms with van der Waals surface area (Å²) >= 11 is 0. The van der Waals surface area contributed by atoms with Crippen molar-refractivity contribution in [3.8, 4) is 39.8 Å². The molecule has 0 aliphatic heterocycles. The molecule has 0 unspecified atom stereocenters. The van der Waals surface area contributed by atoms with Gasteiger partial charge in [0.25, 0.3) is 0 Å². The molecule has 5 aromatic carbocycles. The normalized spacial score (nSPS) is 15.4. The first kappa shape index (κ1) is 38.6. The summed E-state index contributed by atoms with van der Waals surface area (Å²) in [5, 5.41) is 11.5. The average Bonchev–Trinajstić information content (AvgIpc) is 4.00. The number of nitrogens with zero attached hydrogens (tertiary/aromatic N) is 4. The topological polar surface area (TPSA) is 75.6 Å². The summed E-state index contributed by atoms with van der Waals surface area (Å²) in [6.45, 7) is 8.58. The molecule has 332 valence electrons. The minimum absolute atomic E-state index is 0. The number of pyridine rings is 3. The Balaban J connectivity index is 0.00000656. The number of rotatable bonds is 13. The van der Waals surface area contributed by atoms with Crippen LogP contribution in [0.1, 0.15) is 112 Å². The molecular formula is C61H53IrN4O. The monoisotopic (exact) mass is 1060 g/mol. The van der Waals surface area contributed by atoms with Crippen molar-refractivity contribution in [3.63, 3.8) is 0 Å². The molecule has 0 N–H and O–H groups in total. The van der Waals surface area contributed by atoms with E-state index in [1.54, 1.807) is 24.3 Å². The Kier molecular flexibility index (Phi) is 11.2. The molecule has 0 amide bonds. The molecule has 0 radical (unpaired) electrons. The minimum Gasteiger partial charge on any atom is -0.500 e. The molecule has 4 aromatic heterocycles. The van der Waals surface area contributed by atoms with E-state index < -0.39 is 29.5 Å². The maximum absolute atomic E-state index is 10.2. The number of fused-ring (bicyclic) bond motifs is 3. The molecule has 0 bridgehead atoms. The van der Waals surface area contributed by atoms with Gasteiger partial charge in [-0.15, -0.1) is 90.0 Å². The third kappa shape index (κ3) is 9.68. The van der Waals surface area contributed by atoms with Gasteiger partial charge in [0.1, 0.15) is 5.58 Å². The van der Waals surface area contributed by atoms with Crippen LogP contribution in [-0.4, -0.2) is 15.0 Å². The van der Waals surface area contributed by atoms with Gasteiger partial charge in [0.15, 0.2) is 0 Å². The fraction of sp³-hybridized carbons (Fsp3) is 0.246. The van der Waals surface area contributed by atoms with Crippen molar-refractivity contribution in [2.75, 3.05) is 0 Å². The largest absolute Gasteiger partial charge is 3.00 e. The molecule has 67 heavy (non-hydrogen) atoms. The third-order valence-corrected chi connectivity index (χ3v) is 13.0. The van der Waals surface area contributed by atoms with Gasteiger partial charge in [-0.05, 0) is 112 Å². The smallest absolute Gasteiger partial charge is 0.500 e. The number of benzene rings is 5. The van der Waals surface area contributed by atoms with E-state index in [9.17, 15) is 12.1 Å². The third-order valence-electron chi connectivity index (χ3n) is 13.0. The van der Waals surface area contributed by atoms with Crippen LogP contribution in [-0.2, 0) is 56.5 Å². The predicted molar refractivity (Wildman–Crippen MR) is 266 cm³/mol. The summed E-state index contributed by atoms with van der Waals surface area (Å²) in [6, 6.07) is 49.8. The fourth-order valence-electron chi connectivity index (χ4n) is 9.44. The first-order chi connectivity index (χ1) is 34.4. The zero-order chi connectivity index (χ0) is 50.6. The van der Waals surface area contributed by atoms with Crippen LogP contribution in [0.5, 0.6) is 0 Å². The van der Waals surface area contributed by atoms with Crippen LogP contribution >= 0.6 is 0 Å². The molecular weight excluding hydrogens is 997 g/mol. The fourth-order valence-corrected chi connectivity index (χ4v) is 9.44. The van der Waals surface area contributed by atoms with Crippen LogP contribution in [0.15, 0.2) is 150 Å². The molecule has 1 saturated carbocycles. The summed E-state index contributed by atoms with van der Waals surface area (Å²) in [7, 11) is 0. The van der Waals surface area contributed by atoms with E-state index in [2.05, 4.69) is 70.2 Å². The van der Waals surface area contributed by atoms with E-state index in [1.165, 1.54) is 6.20 Å². The molecule has 4 heterocycles. The van der Waals surface area contributed by atoms with Crippen molar-refractivity contribution in [1.82, 2.24) is 15.0 Å². The molecule has 9 aromatic rings. The summed E-state index contributed by atoms with van der Waals surface area (Å²) in [4.78, 5) is 14.3. The molecule has 10 rings (SSSR count). The quantitative estimate of drug-likeness (QED) is 0.108. The Hall–Kier alpha value is -6.51. The van der Waals surface area contributed by atoms with E-state index in [0.717, 1.165) is 57.6 Å². The van der Waals surface area contributed by atoms with Crippen LogP contribution < -0.4 is 0 Å². The van der Waals surface area contributed by atoms with E-state index in [1.807, 2.05) is 91.3 Å². The Labute approximate surface area is 417 Å². The average molecular weight is 1060 g/mol. The van der Waals surface area contributed by atoms with Gasteiger partial charge < -0.3 is 19.4 Å². The van der Waals surface area contributed by atoms with Gasteiger partial charge >= 0.3 is 20.1 Å². The van der Waals surface area contributed by atoms with Crippen LogP contribution in [0.4, 0.5) is 0 Å². The van der Waals surface area contributed by atoms with E-state index in [0.29, 0.717) is 64.4 Å². The molecule has 0 atom stereocenters. The zero-order valence-electron chi connectivity index (χ0n) is 44.1. The Morgan fingerprint density at radius 3 is 1.76 bits per heavy atom. The van der Waals surface area contributed by atoms with Gasteiger partial charge in [0.2, 0.25) is 0 Å². The second-order valence-electron chi connectivity index (χ2n) is 18.7. The standard InChI is InChI=1S/C61H53N4O.Ir/c1-60(2,49-26-30-54(64-39-49)45-14-7-5-8-15-45)35-43-32-42(33-44(34-43)36-61(3,4)50-27-31-55(65-40-50)46-16-9-6-10-17-46)23-22-41-24-29-56(63-38-41)53-21-13-20-51-52-28-25-48(37-62)57(47-18-11-12-19-47)59(52)66-58(51)53;/h5-10,13-14,16,20,24-34,38-40,47H,11-12,18-19,22-23,35-36H2,1-4H3;/q-3;+3/i22D2,23D2,25D,47D;. The number of hydrogen-bond donors (Lipinski definition) is 0. The molecule has 0 saturated heterocycles. The first-order valence-electron chi connectivity index (χ1n) is 25.7. The Morgan fingerprint density at radius 2 is 1.22 bits per heavy atom. The van der Waals surface area contributed by atoms with Gasteiger partial charge in [-0.2, -0.15) is 5.26 Å². The van der Waals surface area contributed by atoms with Crippen LogP contribution in [0.2, 0.25) is 0 Å². The van der Waals surface area contributed by atoms with Crippen LogP contribution in [0, 0.1) is 29.5 Å². The van der Waals surface area contributed by atoms with E-state index in [4.69, 9.17) is 20.7 Å². The summed E-state index contributed by atoms with van der Waals surface area (Å²) in [5.74, 6) is -1.05. The molecule has 1 fully saturated rings. The number of aromatic nitrogens is 3. The van der Waals surface area contributed by atoms with Gasteiger partial charge in [0.05, 0.1) is 18.6 Å². The Morgan fingerprint density at radius 1 is 0.657 bits per heavy atom. The molecule has 1 aliphatic rings. The first-order valence-corrected chi connectivity index (χ1v) is 22.7. The second kappa shape index (κ2) is 19.4. The molecule has 1 aliphatic carbocycles. The van der Waals surface area contributed by atoms with Crippen LogP contribution in [0.3, 0.4) is 0 Å². The maximum atomic E-state index is 10.2.